The van der Waals surface area contributed by atoms with Crippen LogP contribution < -0.4 is 0 Å². The first kappa shape index (κ1) is 14.4. The number of hydrogen-bond acceptors (Lipinski definition) is 2. The third-order valence-corrected chi connectivity index (χ3v) is 5.22. The minimum absolute atomic E-state index is 0.207. The van der Waals surface area contributed by atoms with E-state index in [1.54, 1.807) is 0 Å². The van der Waals surface area contributed by atoms with E-state index in [4.69, 9.17) is 4.74 Å². The summed E-state index contributed by atoms with van der Waals surface area (Å²) in [5, 5.41) is 0. The van der Waals surface area contributed by atoms with Gasteiger partial charge in [0, 0.05) is 6.92 Å². The van der Waals surface area contributed by atoms with Crippen molar-refractivity contribution in [2.45, 2.75) is 52.9 Å². The van der Waals surface area contributed by atoms with Gasteiger partial charge in [-0.3, -0.25) is 4.79 Å². The van der Waals surface area contributed by atoms with Gasteiger partial charge in [0.15, 0.2) is 0 Å². The lowest BCUT2D eigenvalue weighted by atomic mass is 9.69. The van der Waals surface area contributed by atoms with Crippen LogP contribution >= 0.6 is 0 Å². The molecule has 0 aromatic carbocycles. The quantitative estimate of drug-likeness (QED) is 0.546. The van der Waals surface area contributed by atoms with Crippen molar-refractivity contribution in [3.8, 4) is 0 Å². The van der Waals surface area contributed by atoms with Crippen molar-refractivity contribution < 1.29 is 9.53 Å². The summed E-state index contributed by atoms with van der Waals surface area (Å²) in [6.07, 6.45) is 8.58. The highest BCUT2D eigenvalue weighted by Crippen LogP contribution is 2.60. The fourth-order valence-corrected chi connectivity index (χ4v) is 3.86. The second-order valence-corrected chi connectivity index (χ2v) is 6.52. The lowest BCUT2D eigenvalue weighted by Gasteiger charge is -2.36. The molecule has 0 spiro atoms. The smallest absolute Gasteiger partial charge is 0.302 e. The van der Waals surface area contributed by atoms with Crippen LogP contribution in [0.5, 0.6) is 0 Å². The van der Waals surface area contributed by atoms with Crippen LogP contribution in [0.2, 0.25) is 0 Å². The van der Waals surface area contributed by atoms with Crippen molar-refractivity contribution >= 4 is 5.97 Å². The van der Waals surface area contributed by atoms with Crippen LogP contribution in [-0.2, 0) is 9.53 Å². The molecule has 0 amide bonds. The van der Waals surface area contributed by atoms with Crippen molar-refractivity contribution in [2.24, 2.45) is 17.3 Å². The number of ether oxygens (including phenoxy) is 1. The summed E-state index contributed by atoms with van der Waals surface area (Å²) in [7, 11) is 0. The molecule has 2 aliphatic carbocycles. The molecular formula is C17H26O2. The second kappa shape index (κ2) is 5.52. The number of hydrogen-bond donors (Lipinski definition) is 0. The molecule has 0 radical (unpaired) electrons. The van der Waals surface area contributed by atoms with Crippen molar-refractivity contribution in [2.75, 3.05) is 6.61 Å². The number of rotatable bonds is 5. The number of carbonyl (C=O) groups is 1. The van der Waals surface area contributed by atoms with Crippen molar-refractivity contribution in [3.05, 3.63) is 23.8 Å². The van der Waals surface area contributed by atoms with Gasteiger partial charge >= 0.3 is 5.97 Å². The molecule has 2 heteroatoms. The highest BCUT2D eigenvalue weighted by atomic mass is 16.5. The molecule has 2 bridgehead atoms. The van der Waals surface area contributed by atoms with Gasteiger partial charge in [0.1, 0.15) is 6.61 Å². The largest absolute Gasteiger partial charge is 0.461 e. The first-order valence-electron chi connectivity index (χ1n) is 7.41. The minimum atomic E-state index is -0.207. The summed E-state index contributed by atoms with van der Waals surface area (Å²) in [5.74, 6) is 1.44. The Bertz CT molecular complexity index is 407. The second-order valence-electron chi connectivity index (χ2n) is 6.52. The van der Waals surface area contributed by atoms with E-state index in [0.717, 1.165) is 23.8 Å². The van der Waals surface area contributed by atoms with Gasteiger partial charge in [-0.25, -0.2) is 0 Å². The molecule has 0 aliphatic heterocycles. The van der Waals surface area contributed by atoms with Crippen LogP contribution in [0, 0.1) is 17.3 Å². The maximum atomic E-state index is 10.8. The lowest BCUT2D eigenvalue weighted by Crippen LogP contribution is -2.26. The van der Waals surface area contributed by atoms with Crippen LogP contribution in [0.1, 0.15) is 52.9 Å². The first-order valence-corrected chi connectivity index (χ1v) is 7.41. The molecule has 0 saturated heterocycles. The third-order valence-electron chi connectivity index (χ3n) is 5.22. The van der Waals surface area contributed by atoms with Gasteiger partial charge in [-0.2, -0.15) is 0 Å². The van der Waals surface area contributed by atoms with E-state index in [1.807, 2.05) is 6.92 Å². The normalized spacial score (nSPS) is 33.8. The molecule has 2 nitrogen and oxygen atoms in total. The minimum Gasteiger partial charge on any atom is -0.461 e. The van der Waals surface area contributed by atoms with Gasteiger partial charge in [0.2, 0.25) is 0 Å². The van der Waals surface area contributed by atoms with Gasteiger partial charge in [0.05, 0.1) is 0 Å². The van der Waals surface area contributed by atoms with Gasteiger partial charge < -0.3 is 4.74 Å². The highest BCUT2D eigenvalue weighted by Gasteiger charge is 2.49. The standard InChI is InChI=1S/C17H26O2/c1-12(11-19-14(3)18)6-5-9-17(4)13(2)15-7-8-16(17)10-15/h6,15-16H,2,5,7-11H2,1,3-4H3/b12-6-/t15-,16+,17+/m1/s1. The molecule has 3 atom stereocenters. The van der Waals surface area contributed by atoms with E-state index in [-0.39, 0.29) is 5.97 Å². The van der Waals surface area contributed by atoms with E-state index < -0.39 is 0 Å². The number of esters is 1. The van der Waals surface area contributed by atoms with Gasteiger partial charge in [0.25, 0.3) is 0 Å². The van der Waals surface area contributed by atoms with E-state index in [0.29, 0.717) is 12.0 Å². The zero-order chi connectivity index (χ0) is 14.0. The molecule has 2 saturated carbocycles. The first-order chi connectivity index (χ1) is 8.93. The molecule has 0 unspecified atom stereocenters. The number of allylic oxidation sites excluding steroid dienone is 2. The summed E-state index contributed by atoms with van der Waals surface area (Å²) in [6.45, 7) is 10.7. The molecule has 0 aromatic heterocycles. The molecule has 106 valence electrons. The number of fused-ring (bicyclic) bond motifs is 2. The predicted molar refractivity (Wildman–Crippen MR) is 77.7 cm³/mol. The van der Waals surface area contributed by atoms with E-state index >= 15 is 0 Å². The Kier molecular flexibility index (Phi) is 4.17. The third kappa shape index (κ3) is 2.93. The molecule has 2 aliphatic rings. The molecule has 2 fully saturated rings. The fourth-order valence-electron chi connectivity index (χ4n) is 3.86. The summed E-state index contributed by atoms with van der Waals surface area (Å²) in [4.78, 5) is 10.8. The summed E-state index contributed by atoms with van der Waals surface area (Å²) in [6, 6.07) is 0. The Morgan fingerprint density at radius 1 is 1.47 bits per heavy atom. The van der Waals surface area contributed by atoms with Crippen molar-refractivity contribution in [3.63, 3.8) is 0 Å². The van der Waals surface area contributed by atoms with Gasteiger partial charge in [-0.1, -0.05) is 25.2 Å². The monoisotopic (exact) mass is 262 g/mol. The van der Waals surface area contributed by atoms with Crippen LogP contribution in [-0.4, -0.2) is 12.6 Å². The summed E-state index contributed by atoms with van der Waals surface area (Å²) < 4.78 is 5.00. The maximum Gasteiger partial charge on any atom is 0.302 e. The van der Waals surface area contributed by atoms with Crippen LogP contribution in [0.4, 0.5) is 0 Å². The molecule has 19 heavy (non-hydrogen) atoms. The zero-order valence-corrected chi connectivity index (χ0v) is 12.5. The molecule has 0 heterocycles. The Labute approximate surface area is 116 Å². The molecule has 0 aromatic rings. The molecule has 2 rings (SSSR count). The summed E-state index contributed by atoms with van der Waals surface area (Å²) >= 11 is 0. The Hall–Kier alpha value is -1.05. The number of carbonyl (C=O) groups excluding carboxylic acids is 1. The van der Waals surface area contributed by atoms with Crippen LogP contribution in [0.3, 0.4) is 0 Å². The SMILES string of the molecule is C=C1[C@@H]2CC[C@@H](C2)[C@@]1(C)CC/C=C(/C)COC(C)=O. The van der Waals surface area contributed by atoms with E-state index in [1.165, 1.54) is 38.2 Å². The molecule has 0 N–H and O–H groups in total. The van der Waals surface area contributed by atoms with Crippen LogP contribution in [0.15, 0.2) is 23.8 Å². The lowest BCUT2D eigenvalue weighted by molar-refractivity contribution is -0.139. The van der Waals surface area contributed by atoms with Gasteiger partial charge in [-0.05, 0) is 61.9 Å². The average Bonchev–Trinajstić information content (AvgIpc) is 2.91. The topological polar surface area (TPSA) is 26.3 Å². The predicted octanol–water partition coefficient (Wildman–Crippen LogP) is 4.27. The van der Waals surface area contributed by atoms with Crippen molar-refractivity contribution in [1.29, 1.82) is 0 Å². The maximum absolute atomic E-state index is 10.8. The van der Waals surface area contributed by atoms with Crippen molar-refractivity contribution in [1.82, 2.24) is 0 Å². The Morgan fingerprint density at radius 2 is 2.21 bits per heavy atom. The average molecular weight is 262 g/mol. The molecular weight excluding hydrogens is 236 g/mol. The zero-order valence-electron chi connectivity index (χ0n) is 12.5. The Morgan fingerprint density at radius 3 is 2.79 bits per heavy atom. The van der Waals surface area contributed by atoms with E-state index in [9.17, 15) is 4.79 Å². The van der Waals surface area contributed by atoms with Gasteiger partial charge in [-0.15, -0.1) is 0 Å². The highest BCUT2D eigenvalue weighted by molar-refractivity contribution is 5.66. The van der Waals surface area contributed by atoms with E-state index in [2.05, 4.69) is 19.6 Å². The fraction of sp³-hybridized carbons (Fsp3) is 0.706. The van der Waals surface area contributed by atoms with Crippen LogP contribution in [0.25, 0.3) is 0 Å². The Balaban J connectivity index is 1.84. The summed E-state index contributed by atoms with van der Waals surface area (Å²) in [5.41, 5.74) is 2.99.